The van der Waals surface area contributed by atoms with E-state index >= 15 is 0 Å². The van der Waals surface area contributed by atoms with Gasteiger partial charge in [0.2, 0.25) is 0 Å². The van der Waals surface area contributed by atoms with E-state index in [2.05, 4.69) is 10.4 Å². The van der Waals surface area contributed by atoms with E-state index in [1.165, 1.54) is 11.3 Å². The van der Waals surface area contributed by atoms with Crippen LogP contribution in [-0.2, 0) is 6.54 Å². The van der Waals surface area contributed by atoms with Gasteiger partial charge in [-0.2, -0.15) is 5.10 Å². The Balaban J connectivity index is 1.58. The molecule has 0 saturated heterocycles. The van der Waals surface area contributed by atoms with Crippen molar-refractivity contribution in [1.29, 1.82) is 0 Å². The number of amides is 1. The van der Waals surface area contributed by atoms with Crippen molar-refractivity contribution in [3.63, 3.8) is 0 Å². The zero-order valence-corrected chi connectivity index (χ0v) is 13.7. The van der Waals surface area contributed by atoms with Gasteiger partial charge in [-0.15, -0.1) is 11.3 Å². The summed E-state index contributed by atoms with van der Waals surface area (Å²) in [6, 6.07) is 7.78. The Morgan fingerprint density at radius 2 is 2.23 bits per heavy atom. The number of hydrogen-bond acceptors (Lipinski definition) is 3. The third kappa shape index (κ3) is 3.15. The number of thiophene rings is 1. The van der Waals surface area contributed by atoms with Gasteiger partial charge in [0.15, 0.2) is 0 Å². The highest BCUT2D eigenvalue weighted by molar-refractivity contribution is 7.21. The smallest absolute Gasteiger partial charge is 0.262 e. The summed E-state index contributed by atoms with van der Waals surface area (Å²) in [5.74, 6) is -0.108. The summed E-state index contributed by atoms with van der Waals surface area (Å²) in [5.41, 5.74) is 1.14. The number of nitrogens with one attached hydrogen (secondary N) is 1. The zero-order chi connectivity index (χ0) is 15.5. The SMILES string of the molecule is Cc1cnn(CCCNC(=O)c2sc3ccccc3c2Cl)c1. The van der Waals surface area contributed by atoms with Crippen molar-refractivity contribution in [2.24, 2.45) is 0 Å². The van der Waals surface area contributed by atoms with Crippen LogP contribution in [0.3, 0.4) is 0 Å². The first-order valence-corrected chi connectivity index (χ1v) is 8.29. The Kier molecular flexibility index (Phi) is 4.45. The first kappa shape index (κ1) is 15.1. The molecule has 22 heavy (non-hydrogen) atoms. The van der Waals surface area contributed by atoms with E-state index < -0.39 is 0 Å². The molecule has 0 unspecified atom stereocenters. The third-order valence-electron chi connectivity index (χ3n) is 3.35. The normalized spacial score (nSPS) is 11.0. The highest BCUT2D eigenvalue weighted by atomic mass is 35.5. The fourth-order valence-corrected chi connectivity index (χ4v) is 3.71. The van der Waals surface area contributed by atoms with Crippen LogP contribution in [0, 0.1) is 6.92 Å². The minimum atomic E-state index is -0.108. The number of hydrogen-bond donors (Lipinski definition) is 1. The predicted molar refractivity (Wildman–Crippen MR) is 90.7 cm³/mol. The molecule has 0 radical (unpaired) electrons. The second-order valence-electron chi connectivity index (χ2n) is 5.13. The maximum absolute atomic E-state index is 12.2. The summed E-state index contributed by atoms with van der Waals surface area (Å²) in [6.45, 7) is 3.39. The number of aromatic nitrogens is 2. The van der Waals surface area contributed by atoms with Crippen LogP contribution in [-0.4, -0.2) is 22.2 Å². The van der Waals surface area contributed by atoms with Crippen molar-refractivity contribution in [2.75, 3.05) is 6.54 Å². The van der Waals surface area contributed by atoms with Crippen molar-refractivity contribution in [3.05, 3.63) is 52.1 Å². The number of carbonyl (C=O) groups is 1. The van der Waals surface area contributed by atoms with E-state index in [-0.39, 0.29) is 5.91 Å². The molecule has 0 saturated carbocycles. The maximum atomic E-state index is 12.2. The van der Waals surface area contributed by atoms with Crippen LogP contribution in [0.2, 0.25) is 5.02 Å². The second-order valence-corrected chi connectivity index (χ2v) is 6.56. The molecule has 0 fully saturated rings. The standard InChI is InChI=1S/C16H16ClN3OS/c1-11-9-19-20(10-11)8-4-7-18-16(21)15-14(17)12-5-2-3-6-13(12)22-15/h2-3,5-6,9-10H,4,7-8H2,1H3,(H,18,21). The van der Waals surface area contributed by atoms with Crippen LogP contribution >= 0.6 is 22.9 Å². The largest absolute Gasteiger partial charge is 0.351 e. The number of rotatable bonds is 5. The van der Waals surface area contributed by atoms with E-state index in [1.807, 2.05) is 48.3 Å². The van der Waals surface area contributed by atoms with Crippen LogP contribution in [0.5, 0.6) is 0 Å². The quantitative estimate of drug-likeness (QED) is 0.720. The molecule has 1 amide bonds. The van der Waals surface area contributed by atoms with Crippen molar-refractivity contribution >= 4 is 38.9 Å². The van der Waals surface area contributed by atoms with Gasteiger partial charge < -0.3 is 5.32 Å². The van der Waals surface area contributed by atoms with Gasteiger partial charge in [0.25, 0.3) is 5.91 Å². The molecule has 1 N–H and O–H groups in total. The van der Waals surface area contributed by atoms with E-state index in [4.69, 9.17) is 11.6 Å². The summed E-state index contributed by atoms with van der Waals surface area (Å²) >= 11 is 7.73. The van der Waals surface area contributed by atoms with Crippen molar-refractivity contribution < 1.29 is 4.79 Å². The Morgan fingerprint density at radius 1 is 1.41 bits per heavy atom. The summed E-state index contributed by atoms with van der Waals surface area (Å²) in [4.78, 5) is 12.8. The van der Waals surface area contributed by atoms with Gasteiger partial charge in [-0.05, 0) is 25.0 Å². The lowest BCUT2D eigenvalue weighted by atomic mass is 10.2. The summed E-state index contributed by atoms with van der Waals surface area (Å²) in [7, 11) is 0. The van der Waals surface area contributed by atoms with E-state index in [0.29, 0.717) is 16.4 Å². The molecule has 0 bridgehead atoms. The van der Waals surface area contributed by atoms with Gasteiger partial charge in [0, 0.05) is 29.4 Å². The van der Waals surface area contributed by atoms with Crippen molar-refractivity contribution in [1.82, 2.24) is 15.1 Å². The molecular formula is C16H16ClN3OS. The van der Waals surface area contributed by atoms with Crippen LogP contribution in [0.25, 0.3) is 10.1 Å². The number of benzene rings is 1. The third-order valence-corrected chi connectivity index (χ3v) is 5.03. The molecule has 1 aromatic carbocycles. The molecule has 6 heteroatoms. The molecular weight excluding hydrogens is 318 g/mol. The number of nitrogens with zero attached hydrogens (tertiary/aromatic N) is 2. The molecule has 114 valence electrons. The van der Waals surface area contributed by atoms with Gasteiger partial charge in [0.05, 0.1) is 11.2 Å². The average Bonchev–Trinajstić information content (AvgIpc) is 3.08. The Morgan fingerprint density at radius 3 is 2.95 bits per heavy atom. The maximum Gasteiger partial charge on any atom is 0.262 e. The summed E-state index contributed by atoms with van der Waals surface area (Å²) in [5, 5.41) is 8.62. The first-order valence-electron chi connectivity index (χ1n) is 7.09. The molecule has 0 aliphatic heterocycles. The molecule has 4 nitrogen and oxygen atoms in total. The summed E-state index contributed by atoms with van der Waals surface area (Å²) in [6.07, 6.45) is 4.65. The molecule has 0 aliphatic rings. The minimum Gasteiger partial charge on any atom is -0.351 e. The number of halogens is 1. The van der Waals surface area contributed by atoms with E-state index in [1.54, 1.807) is 0 Å². The number of carbonyl (C=O) groups excluding carboxylic acids is 1. The van der Waals surface area contributed by atoms with Crippen LogP contribution < -0.4 is 5.32 Å². The molecule has 2 heterocycles. The van der Waals surface area contributed by atoms with Gasteiger partial charge in [-0.1, -0.05) is 29.8 Å². The fourth-order valence-electron chi connectivity index (χ4n) is 2.27. The predicted octanol–water partition coefficient (Wildman–Crippen LogP) is 3.88. The highest BCUT2D eigenvalue weighted by Gasteiger charge is 2.16. The lowest BCUT2D eigenvalue weighted by molar-refractivity contribution is 0.0957. The monoisotopic (exact) mass is 333 g/mol. The lowest BCUT2D eigenvalue weighted by Crippen LogP contribution is -2.24. The Labute approximate surface area is 137 Å². The van der Waals surface area contributed by atoms with Crippen LogP contribution in [0.15, 0.2) is 36.7 Å². The molecule has 0 aliphatic carbocycles. The molecule has 0 spiro atoms. The summed E-state index contributed by atoms with van der Waals surface area (Å²) < 4.78 is 2.91. The van der Waals surface area contributed by atoms with E-state index in [9.17, 15) is 4.79 Å². The Bertz CT molecular complexity index is 809. The molecule has 2 aromatic heterocycles. The average molecular weight is 334 g/mol. The fraction of sp³-hybridized carbons (Fsp3) is 0.250. The van der Waals surface area contributed by atoms with E-state index in [0.717, 1.165) is 28.6 Å². The second kappa shape index (κ2) is 6.50. The van der Waals surface area contributed by atoms with Gasteiger partial charge >= 0.3 is 0 Å². The first-order chi connectivity index (χ1) is 10.6. The number of aryl methyl sites for hydroxylation is 2. The van der Waals surface area contributed by atoms with Crippen molar-refractivity contribution in [2.45, 2.75) is 19.9 Å². The zero-order valence-electron chi connectivity index (χ0n) is 12.2. The van der Waals surface area contributed by atoms with Gasteiger partial charge in [0.1, 0.15) is 4.88 Å². The number of fused-ring (bicyclic) bond motifs is 1. The lowest BCUT2D eigenvalue weighted by Gasteiger charge is -2.04. The topological polar surface area (TPSA) is 46.9 Å². The van der Waals surface area contributed by atoms with Gasteiger partial charge in [-0.3, -0.25) is 9.48 Å². The van der Waals surface area contributed by atoms with Crippen molar-refractivity contribution in [3.8, 4) is 0 Å². The van der Waals surface area contributed by atoms with Gasteiger partial charge in [-0.25, -0.2) is 0 Å². The molecule has 0 atom stereocenters. The minimum absolute atomic E-state index is 0.108. The Hall–Kier alpha value is -1.85. The highest BCUT2D eigenvalue weighted by Crippen LogP contribution is 2.34. The van der Waals surface area contributed by atoms with Crippen LogP contribution in [0.4, 0.5) is 0 Å². The van der Waals surface area contributed by atoms with Crippen LogP contribution in [0.1, 0.15) is 21.7 Å². The molecule has 3 aromatic rings. The molecule has 3 rings (SSSR count).